The Morgan fingerprint density at radius 3 is 2.54 bits per heavy atom. The van der Waals surface area contributed by atoms with E-state index >= 15 is 0 Å². The van der Waals surface area contributed by atoms with Crippen molar-refractivity contribution in [3.63, 3.8) is 0 Å². The molecule has 1 heterocycles. The van der Waals surface area contributed by atoms with E-state index in [4.69, 9.17) is 27.9 Å². The first-order chi connectivity index (χ1) is 12.9. The number of benzene rings is 2. The van der Waals surface area contributed by atoms with E-state index in [0.717, 1.165) is 5.56 Å². The Labute approximate surface area is 188 Å². The number of nitrogens with one attached hydrogen (secondary N) is 1. The summed E-state index contributed by atoms with van der Waals surface area (Å²) in [6.07, 6.45) is 0. The van der Waals surface area contributed by atoms with Gasteiger partial charge in [-0.1, -0.05) is 23.2 Å². The molecular weight excluding hydrogens is 416 g/mol. The van der Waals surface area contributed by atoms with Crippen LogP contribution in [0, 0.1) is 0 Å². The zero-order chi connectivity index (χ0) is 19.4. The molecule has 0 fully saturated rings. The molecule has 28 heavy (non-hydrogen) atoms. The maximum atomic E-state index is 12.4. The Kier molecular flexibility index (Phi) is 7.99. The van der Waals surface area contributed by atoms with Gasteiger partial charge in [0.15, 0.2) is 0 Å². The van der Waals surface area contributed by atoms with Crippen LogP contribution in [-0.2, 0) is 6.61 Å². The summed E-state index contributed by atoms with van der Waals surface area (Å²) < 4.78 is 5.61. The van der Waals surface area contributed by atoms with Gasteiger partial charge in [-0.15, -0.1) is 0 Å². The smallest absolute Gasteiger partial charge is 1.00 e. The van der Waals surface area contributed by atoms with E-state index in [2.05, 4.69) is 5.32 Å². The van der Waals surface area contributed by atoms with Crippen LogP contribution in [0.5, 0.6) is 5.75 Å². The van der Waals surface area contributed by atoms with Crippen LogP contribution in [0.25, 0.3) is 0 Å². The SMILES string of the molecule is O=C(Nc1ccc(OCc2ccsc2)cc1C(=O)O)c1ccc(Cl)cc1Cl.[H-].[Li+]. The molecule has 0 unspecified atom stereocenters. The van der Waals surface area contributed by atoms with Crippen LogP contribution in [0.15, 0.2) is 53.2 Å². The molecule has 0 saturated carbocycles. The van der Waals surface area contributed by atoms with Crippen LogP contribution in [0.4, 0.5) is 5.69 Å². The number of carboxylic acids is 1. The molecule has 1 amide bonds. The molecule has 3 aromatic rings. The zero-order valence-corrected chi connectivity index (χ0v) is 17.1. The van der Waals surface area contributed by atoms with Gasteiger partial charge in [0.2, 0.25) is 0 Å². The molecule has 0 radical (unpaired) electrons. The third-order valence-corrected chi connectivity index (χ3v) is 4.91. The fourth-order valence-electron chi connectivity index (χ4n) is 2.30. The summed E-state index contributed by atoms with van der Waals surface area (Å²) in [6.45, 7) is 0.328. The van der Waals surface area contributed by atoms with E-state index in [1.54, 1.807) is 17.4 Å². The number of amides is 1. The van der Waals surface area contributed by atoms with E-state index in [9.17, 15) is 14.7 Å². The van der Waals surface area contributed by atoms with Crippen molar-refractivity contribution in [2.75, 3.05) is 5.32 Å². The number of carboxylic acid groups (broad SMARTS) is 1. The summed E-state index contributed by atoms with van der Waals surface area (Å²) in [7, 11) is 0. The maximum absolute atomic E-state index is 12.4. The molecule has 1 aromatic heterocycles. The molecule has 0 aliphatic rings. The molecule has 5 nitrogen and oxygen atoms in total. The largest absolute Gasteiger partial charge is 1.00 e. The predicted molar refractivity (Wildman–Crippen MR) is 108 cm³/mol. The maximum Gasteiger partial charge on any atom is 1.00 e. The first-order valence-corrected chi connectivity index (χ1v) is 9.41. The van der Waals surface area contributed by atoms with Crippen molar-refractivity contribution in [2.45, 2.75) is 6.61 Å². The Hall–Kier alpha value is -1.94. The second-order valence-corrected chi connectivity index (χ2v) is 7.13. The first-order valence-electron chi connectivity index (χ1n) is 7.71. The molecule has 0 atom stereocenters. The van der Waals surface area contributed by atoms with E-state index in [1.165, 1.54) is 30.3 Å². The third kappa shape index (κ3) is 5.54. The van der Waals surface area contributed by atoms with Crippen molar-refractivity contribution in [1.82, 2.24) is 0 Å². The first kappa shape index (κ1) is 22.3. The molecule has 9 heteroatoms. The molecule has 0 saturated heterocycles. The van der Waals surface area contributed by atoms with Crippen molar-refractivity contribution < 1.29 is 39.7 Å². The van der Waals surface area contributed by atoms with Gasteiger partial charge in [0.1, 0.15) is 12.4 Å². The summed E-state index contributed by atoms with van der Waals surface area (Å²) in [5.41, 5.74) is 1.24. The van der Waals surface area contributed by atoms with E-state index in [-0.39, 0.29) is 42.1 Å². The molecule has 2 N–H and O–H groups in total. The molecule has 0 bridgehead atoms. The van der Waals surface area contributed by atoms with Crippen LogP contribution in [-0.4, -0.2) is 17.0 Å². The van der Waals surface area contributed by atoms with Gasteiger partial charge in [-0.2, -0.15) is 11.3 Å². The van der Waals surface area contributed by atoms with Crippen molar-refractivity contribution >= 4 is 52.1 Å². The molecule has 3 rings (SSSR count). The molecule has 0 aliphatic heterocycles. The Balaban J connectivity index is 0.00000210. The summed E-state index contributed by atoms with van der Waals surface area (Å²) in [5.74, 6) is -1.33. The van der Waals surface area contributed by atoms with Gasteiger partial charge in [-0.05, 0) is 58.8 Å². The third-order valence-electron chi connectivity index (χ3n) is 3.63. The van der Waals surface area contributed by atoms with Gasteiger partial charge in [0.05, 0.1) is 21.8 Å². The zero-order valence-electron chi connectivity index (χ0n) is 15.7. The normalized spacial score (nSPS) is 10.1. The van der Waals surface area contributed by atoms with Gasteiger partial charge in [0.25, 0.3) is 5.91 Å². The quantitative estimate of drug-likeness (QED) is 0.590. The average Bonchev–Trinajstić information content (AvgIpc) is 3.14. The average molecular weight is 430 g/mol. The van der Waals surface area contributed by atoms with Crippen LogP contribution in [0.1, 0.15) is 27.7 Å². The number of carbonyl (C=O) groups excluding carboxylic acids is 1. The molecule has 140 valence electrons. The fourth-order valence-corrected chi connectivity index (χ4v) is 3.45. The number of halogens is 2. The van der Waals surface area contributed by atoms with Gasteiger partial charge in [-0.3, -0.25) is 4.79 Å². The van der Waals surface area contributed by atoms with E-state index < -0.39 is 11.9 Å². The van der Waals surface area contributed by atoms with Crippen LogP contribution >= 0.6 is 34.5 Å². The molecule has 0 spiro atoms. The Morgan fingerprint density at radius 2 is 1.89 bits per heavy atom. The van der Waals surface area contributed by atoms with Crippen molar-refractivity contribution in [3.8, 4) is 5.75 Å². The van der Waals surface area contributed by atoms with Gasteiger partial charge in [-0.25, -0.2) is 4.79 Å². The number of hydrogen-bond donors (Lipinski definition) is 2. The minimum Gasteiger partial charge on any atom is -1.00 e. The summed E-state index contributed by atoms with van der Waals surface area (Å²) in [6, 6.07) is 10.8. The monoisotopic (exact) mass is 429 g/mol. The number of anilines is 1. The summed E-state index contributed by atoms with van der Waals surface area (Å²) in [4.78, 5) is 24.0. The van der Waals surface area contributed by atoms with Crippen molar-refractivity contribution in [2.24, 2.45) is 0 Å². The minimum atomic E-state index is -1.19. The molecular formula is C19H14Cl2LiNO4S. The second kappa shape index (κ2) is 10.0. The summed E-state index contributed by atoms with van der Waals surface area (Å²) in [5, 5.41) is 16.5. The number of rotatable bonds is 6. The second-order valence-electron chi connectivity index (χ2n) is 5.51. The van der Waals surface area contributed by atoms with E-state index in [1.807, 2.05) is 16.8 Å². The summed E-state index contributed by atoms with van der Waals surface area (Å²) >= 11 is 13.4. The number of thiophene rings is 1. The number of carbonyl (C=O) groups is 2. The standard InChI is InChI=1S/C19H13Cl2NO4S.Li.H/c20-12-1-3-14(16(21)7-12)18(23)22-17-4-2-13(8-15(17)19(24)25)26-9-11-5-6-27-10-11;;/h1-8,10H,9H2,(H,22,23)(H,24,25);;/q;+1;-1. The minimum absolute atomic E-state index is 0. The Morgan fingerprint density at radius 1 is 1.11 bits per heavy atom. The van der Waals surface area contributed by atoms with Crippen molar-refractivity contribution in [1.29, 1.82) is 0 Å². The van der Waals surface area contributed by atoms with Crippen LogP contribution in [0.2, 0.25) is 10.0 Å². The van der Waals surface area contributed by atoms with Crippen LogP contribution in [0.3, 0.4) is 0 Å². The topological polar surface area (TPSA) is 75.6 Å². The van der Waals surface area contributed by atoms with Crippen molar-refractivity contribution in [3.05, 3.63) is 80.0 Å². The molecule has 2 aromatic carbocycles. The Bertz CT molecular complexity index is 1000. The van der Waals surface area contributed by atoms with E-state index in [0.29, 0.717) is 17.4 Å². The number of aromatic carboxylic acids is 1. The number of ether oxygens (including phenoxy) is 1. The molecule has 0 aliphatic carbocycles. The van der Waals surface area contributed by atoms with Gasteiger partial charge < -0.3 is 16.6 Å². The number of hydrogen-bond acceptors (Lipinski definition) is 4. The van der Waals surface area contributed by atoms with Crippen LogP contribution < -0.4 is 28.9 Å². The van der Waals surface area contributed by atoms with Gasteiger partial charge in [0, 0.05) is 5.02 Å². The fraction of sp³-hybridized carbons (Fsp3) is 0.0526. The predicted octanol–water partition coefficient (Wildman–Crippen LogP) is 2.70. The van der Waals surface area contributed by atoms with Gasteiger partial charge >= 0.3 is 24.8 Å².